The standard InChI is InChI=1S/C21H24BrN3O4S/c22-16-6-10-18(11-7-16)30(28,29)23-13-12-20(26)25-19(21(27)24-17-8-9-17)14-15-4-2-1-3-5-15/h1-7,10-11,17,19,23H,8-9,12-14H2,(H,24,27)(H,25,26). The minimum atomic E-state index is -3.70. The van der Waals surface area contributed by atoms with Crippen LogP contribution < -0.4 is 15.4 Å². The minimum absolute atomic E-state index is 0.0630. The second kappa shape index (κ2) is 10.2. The maximum absolute atomic E-state index is 12.5. The van der Waals surface area contributed by atoms with Crippen molar-refractivity contribution in [2.45, 2.75) is 42.7 Å². The monoisotopic (exact) mass is 493 g/mol. The molecular formula is C21H24BrN3O4S. The van der Waals surface area contributed by atoms with Crippen molar-refractivity contribution in [2.24, 2.45) is 0 Å². The predicted octanol–water partition coefficient (Wildman–Crippen LogP) is 2.12. The van der Waals surface area contributed by atoms with Crippen LogP contribution in [0.15, 0.2) is 64.0 Å². The molecular weight excluding hydrogens is 470 g/mol. The van der Waals surface area contributed by atoms with Gasteiger partial charge in [0.2, 0.25) is 21.8 Å². The van der Waals surface area contributed by atoms with Crippen LogP contribution in [0, 0.1) is 0 Å². The number of hydrogen-bond acceptors (Lipinski definition) is 4. The third kappa shape index (κ3) is 6.93. The van der Waals surface area contributed by atoms with E-state index in [2.05, 4.69) is 31.3 Å². The molecule has 0 radical (unpaired) electrons. The van der Waals surface area contributed by atoms with Gasteiger partial charge in [0, 0.05) is 29.9 Å². The van der Waals surface area contributed by atoms with Gasteiger partial charge in [-0.25, -0.2) is 13.1 Å². The molecule has 2 amide bonds. The van der Waals surface area contributed by atoms with Crippen LogP contribution in [0.25, 0.3) is 0 Å². The Morgan fingerprint density at radius 2 is 1.70 bits per heavy atom. The van der Waals surface area contributed by atoms with Gasteiger partial charge in [-0.15, -0.1) is 0 Å². The number of rotatable bonds is 10. The summed E-state index contributed by atoms with van der Waals surface area (Å²) in [4.78, 5) is 25.0. The van der Waals surface area contributed by atoms with E-state index >= 15 is 0 Å². The van der Waals surface area contributed by atoms with Gasteiger partial charge >= 0.3 is 0 Å². The summed E-state index contributed by atoms with van der Waals surface area (Å²) in [6.45, 7) is -0.0630. The first-order chi connectivity index (χ1) is 14.3. The first kappa shape index (κ1) is 22.5. The Morgan fingerprint density at radius 3 is 2.33 bits per heavy atom. The Hall–Kier alpha value is -2.23. The molecule has 3 rings (SSSR count). The van der Waals surface area contributed by atoms with Crippen LogP contribution in [0.1, 0.15) is 24.8 Å². The van der Waals surface area contributed by atoms with Crippen LogP contribution in [0.4, 0.5) is 0 Å². The average molecular weight is 494 g/mol. The SMILES string of the molecule is O=C(CCNS(=O)(=O)c1ccc(Br)cc1)NC(Cc1ccccc1)C(=O)NC1CC1. The van der Waals surface area contributed by atoms with Crippen LogP contribution in [0.3, 0.4) is 0 Å². The molecule has 1 aliphatic rings. The molecule has 1 fully saturated rings. The van der Waals surface area contributed by atoms with Gasteiger partial charge in [-0.2, -0.15) is 0 Å². The summed E-state index contributed by atoms with van der Waals surface area (Å²) in [6.07, 6.45) is 2.21. The number of hydrogen-bond donors (Lipinski definition) is 3. The predicted molar refractivity (Wildman–Crippen MR) is 117 cm³/mol. The van der Waals surface area contributed by atoms with Crippen molar-refractivity contribution in [1.82, 2.24) is 15.4 Å². The summed E-state index contributed by atoms with van der Waals surface area (Å²) in [7, 11) is -3.70. The van der Waals surface area contributed by atoms with E-state index in [-0.39, 0.29) is 35.7 Å². The number of sulfonamides is 1. The second-order valence-electron chi connectivity index (χ2n) is 7.19. The van der Waals surface area contributed by atoms with E-state index in [1.165, 1.54) is 12.1 Å². The molecule has 1 atom stereocenters. The molecule has 0 aliphatic heterocycles. The molecule has 2 aromatic carbocycles. The average Bonchev–Trinajstić information content (AvgIpc) is 3.52. The lowest BCUT2D eigenvalue weighted by atomic mass is 10.0. The molecule has 2 aromatic rings. The van der Waals surface area contributed by atoms with E-state index in [1.54, 1.807) is 12.1 Å². The zero-order valence-corrected chi connectivity index (χ0v) is 18.7. The maximum atomic E-state index is 12.5. The normalized spacial score (nSPS) is 14.7. The lowest BCUT2D eigenvalue weighted by Crippen LogP contribution is -2.49. The molecule has 3 N–H and O–H groups in total. The number of nitrogens with one attached hydrogen (secondary N) is 3. The van der Waals surface area contributed by atoms with Gasteiger partial charge in [0.25, 0.3) is 0 Å². The highest BCUT2D eigenvalue weighted by molar-refractivity contribution is 9.10. The van der Waals surface area contributed by atoms with Crippen LogP contribution in [-0.2, 0) is 26.0 Å². The summed E-state index contributed by atoms with van der Waals surface area (Å²) in [5, 5.41) is 5.66. The molecule has 0 saturated heterocycles. The molecule has 1 saturated carbocycles. The fraction of sp³-hybridized carbons (Fsp3) is 0.333. The van der Waals surface area contributed by atoms with Gasteiger partial charge in [-0.05, 0) is 42.7 Å². The van der Waals surface area contributed by atoms with Gasteiger partial charge in [-0.1, -0.05) is 46.3 Å². The summed E-state index contributed by atoms with van der Waals surface area (Å²) in [5.74, 6) is -0.606. The second-order valence-corrected chi connectivity index (χ2v) is 9.88. The lowest BCUT2D eigenvalue weighted by Gasteiger charge is -2.19. The van der Waals surface area contributed by atoms with Gasteiger partial charge in [0.1, 0.15) is 6.04 Å². The fourth-order valence-electron chi connectivity index (χ4n) is 2.85. The van der Waals surface area contributed by atoms with E-state index < -0.39 is 16.1 Å². The maximum Gasteiger partial charge on any atom is 0.243 e. The number of carbonyl (C=O) groups excluding carboxylic acids is 2. The number of halogens is 1. The highest BCUT2D eigenvalue weighted by Crippen LogP contribution is 2.19. The lowest BCUT2D eigenvalue weighted by molar-refractivity contribution is -0.129. The zero-order valence-electron chi connectivity index (χ0n) is 16.3. The van der Waals surface area contributed by atoms with Gasteiger partial charge in [0.15, 0.2) is 0 Å². The van der Waals surface area contributed by atoms with Gasteiger partial charge in [-0.3, -0.25) is 9.59 Å². The van der Waals surface area contributed by atoms with Gasteiger partial charge in [0.05, 0.1) is 4.90 Å². The van der Waals surface area contributed by atoms with Crippen molar-refractivity contribution in [3.05, 3.63) is 64.6 Å². The van der Waals surface area contributed by atoms with Crippen molar-refractivity contribution in [2.75, 3.05) is 6.54 Å². The Morgan fingerprint density at radius 1 is 1.03 bits per heavy atom. The Labute approximate surface area is 184 Å². The highest BCUT2D eigenvalue weighted by atomic mass is 79.9. The third-order valence-electron chi connectivity index (χ3n) is 4.63. The molecule has 0 heterocycles. The highest BCUT2D eigenvalue weighted by Gasteiger charge is 2.28. The van der Waals surface area contributed by atoms with Crippen molar-refractivity contribution >= 4 is 37.8 Å². The summed E-state index contributed by atoms with van der Waals surface area (Å²) < 4.78 is 27.8. The Bertz CT molecular complexity index is 977. The van der Waals surface area contributed by atoms with Crippen LogP contribution in [-0.4, -0.2) is 38.9 Å². The Kier molecular flexibility index (Phi) is 7.63. The number of carbonyl (C=O) groups is 2. The van der Waals surface area contributed by atoms with E-state index in [1.807, 2.05) is 30.3 Å². The van der Waals surface area contributed by atoms with Crippen molar-refractivity contribution in [3.8, 4) is 0 Å². The van der Waals surface area contributed by atoms with E-state index in [9.17, 15) is 18.0 Å². The topological polar surface area (TPSA) is 104 Å². The molecule has 160 valence electrons. The summed E-state index contributed by atoms with van der Waals surface area (Å²) in [5.41, 5.74) is 0.935. The quantitative estimate of drug-likeness (QED) is 0.471. The van der Waals surface area contributed by atoms with Crippen molar-refractivity contribution < 1.29 is 18.0 Å². The fourth-order valence-corrected chi connectivity index (χ4v) is 4.15. The van der Waals surface area contributed by atoms with Gasteiger partial charge < -0.3 is 10.6 Å². The van der Waals surface area contributed by atoms with Crippen molar-refractivity contribution in [1.29, 1.82) is 0 Å². The van der Waals surface area contributed by atoms with Crippen LogP contribution in [0.5, 0.6) is 0 Å². The Balaban J connectivity index is 1.54. The first-order valence-corrected chi connectivity index (χ1v) is 12.0. The molecule has 1 aliphatic carbocycles. The third-order valence-corrected chi connectivity index (χ3v) is 6.63. The van der Waals surface area contributed by atoms with E-state index in [0.29, 0.717) is 6.42 Å². The smallest absolute Gasteiger partial charge is 0.243 e. The largest absolute Gasteiger partial charge is 0.352 e. The molecule has 7 nitrogen and oxygen atoms in total. The molecule has 0 bridgehead atoms. The molecule has 0 aromatic heterocycles. The van der Waals surface area contributed by atoms with E-state index in [4.69, 9.17) is 0 Å². The molecule has 0 spiro atoms. The van der Waals surface area contributed by atoms with Crippen molar-refractivity contribution in [3.63, 3.8) is 0 Å². The number of benzene rings is 2. The van der Waals surface area contributed by atoms with Crippen LogP contribution >= 0.6 is 15.9 Å². The first-order valence-electron chi connectivity index (χ1n) is 9.72. The molecule has 1 unspecified atom stereocenters. The summed E-state index contributed by atoms with van der Waals surface area (Å²) in [6, 6.07) is 15.1. The minimum Gasteiger partial charge on any atom is -0.352 e. The summed E-state index contributed by atoms with van der Waals surface area (Å²) >= 11 is 3.26. The zero-order chi connectivity index (χ0) is 21.6. The molecule has 30 heavy (non-hydrogen) atoms. The van der Waals surface area contributed by atoms with Crippen LogP contribution in [0.2, 0.25) is 0 Å². The number of amides is 2. The van der Waals surface area contributed by atoms with E-state index in [0.717, 1.165) is 22.9 Å². The molecule has 9 heteroatoms.